The summed E-state index contributed by atoms with van der Waals surface area (Å²) in [6.45, 7) is 0.717. The molecule has 0 aliphatic carbocycles. The fourth-order valence-corrected chi connectivity index (χ4v) is 4.94. The van der Waals surface area contributed by atoms with E-state index in [1.54, 1.807) is 0 Å². The highest BCUT2D eigenvalue weighted by atomic mass is 32.2. The van der Waals surface area contributed by atoms with Gasteiger partial charge in [0.1, 0.15) is 0 Å². The van der Waals surface area contributed by atoms with Crippen LogP contribution in [0.25, 0.3) is 10.2 Å². The van der Waals surface area contributed by atoms with E-state index in [-0.39, 0.29) is 23.3 Å². The van der Waals surface area contributed by atoms with Crippen molar-refractivity contribution < 1.29 is 9.59 Å². The van der Waals surface area contributed by atoms with E-state index in [9.17, 15) is 9.59 Å². The molecule has 0 radical (unpaired) electrons. The first-order chi connectivity index (χ1) is 13.1. The van der Waals surface area contributed by atoms with Crippen molar-refractivity contribution in [1.29, 1.82) is 0 Å². The first kappa shape index (κ1) is 18.0. The zero-order valence-electron chi connectivity index (χ0n) is 14.9. The summed E-state index contributed by atoms with van der Waals surface area (Å²) in [5.41, 5.74) is 3.26. The SMILES string of the molecule is Cn1c(=NC(=O)CSCC(=O)N2CCc3ccccc32)sc2ccccc21. The minimum Gasteiger partial charge on any atom is -0.319 e. The molecule has 1 aromatic heterocycles. The summed E-state index contributed by atoms with van der Waals surface area (Å²) in [4.78, 5) is 31.4. The highest BCUT2D eigenvalue weighted by Crippen LogP contribution is 2.27. The van der Waals surface area contributed by atoms with E-state index in [0.717, 1.165) is 22.3 Å². The molecule has 2 amide bonds. The molecule has 0 atom stereocenters. The summed E-state index contributed by atoms with van der Waals surface area (Å²) in [5, 5.41) is 0. The minimum absolute atomic E-state index is 0.0465. The van der Waals surface area contributed by atoms with Crippen LogP contribution in [0.4, 0.5) is 5.69 Å². The number of hydrogen-bond donors (Lipinski definition) is 0. The van der Waals surface area contributed by atoms with Crippen molar-refractivity contribution >= 4 is 50.8 Å². The standard InChI is InChI=1S/C20H19N3O2S2/c1-22-16-8-4-5-9-17(16)27-20(22)21-18(24)12-26-13-19(25)23-11-10-14-6-2-3-7-15(14)23/h2-9H,10-13H2,1H3. The molecule has 7 heteroatoms. The molecule has 0 N–H and O–H groups in total. The Kier molecular flexibility index (Phi) is 5.13. The van der Waals surface area contributed by atoms with Crippen LogP contribution in [-0.2, 0) is 23.1 Å². The van der Waals surface area contributed by atoms with Gasteiger partial charge in [0, 0.05) is 19.3 Å². The molecule has 2 heterocycles. The normalized spacial score (nSPS) is 14.0. The van der Waals surface area contributed by atoms with Crippen molar-refractivity contribution in [2.45, 2.75) is 6.42 Å². The van der Waals surface area contributed by atoms with Gasteiger partial charge in [0.05, 0.1) is 21.7 Å². The monoisotopic (exact) mass is 397 g/mol. The van der Waals surface area contributed by atoms with Gasteiger partial charge in [-0.3, -0.25) is 9.59 Å². The van der Waals surface area contributed by atoms with E-state index in [0.29, 0.717) is 11.3 Å². The lowest BCUT2D eigenvalue weighted by Gasteiger charge is -2.16. The first-order valence-corrected chi connectivity index (χ1v) is 10.7. The lowest BCUT2D eigenvalue weighted by atomic mass is 10.2. The Hall–Kier alpha value is -2.38. The molecule has 2 aromatic carbocycles. The number of thiazole rings is 1. The summed E-state index contributed by atoms with van der Waals surface area (Å²) in [6, 6.07) is 16.0. The van der Waals surface area contributed by atoms with Crippen LogP contribution in [-0.4, -0.2) is 34.4 Å². The highest BCUT2D eigenvalue weighted by Gasteiger charge is 2.23. The second-order valence-electron chi connectivity index (χ2n) is 6.33. The maximum Gasteiger partial charge on any atom is 0.258 e. The van der Waals surface area contributed by atoms with Crippen LogP contribution in [0, 0.1) is 0 Å². The molecule has 4 rings (SSSR count). The largest absolute Gasteiger partial charge is 0.319 e. The topological polar surface area (TPSA) is 54.7 Å². The number of nitrogens with zero attached hydrogens (tertiary/aromatic N) is 3. The summed E-state index contributed by atoms with van der Waals surface area (Å²) in [5.74, 6) is 0.325. The van der Waals surface area contributed by atoms with Crippen LogP contribution in [0.2, 0.25) is 0 Å². The van der Waals surface area contributed by atoms with Crippen molar-refractivity contribution in [2.75, 3.05) is 23.0 Å². The maximum absolute atomic E-state index is 12.5. The molecule has 0 saturated heterocycles. The van der Waals surface area contributed by atoms with E-state index >= 15 is 0 Å². The number of carbonyl (C=O) groups is 2. The molecule has 1 aliphatic rings. The maximum atomic E-state index is 12.5. The molecular formula is C20H19N3O2S2. The molecular weight excluding hydrogens is 378 g/mol. The summed E-state index contributed by atoms with van der Waals surface area (Å²) >= 11 is 2.82. The van der Waals surface area contributed by atoms with Gasteiger partial charge in [-0.2, -0.15) is 4.99 Å². The third kappa shape index (κ3) is 3.70. The number of carbonyl (C=O) groups excluding carboxylic acids is 2. The van der Waals surface area contributed by atoms with E-state index < -0.39 is 0 Å². The third-order valence-electron chi connectivity index (χ3n) is 4.57. The van der Waals surface area contributed by atoms with Gasteiger partial charge in [-0.05, 0) is 30.2 Å². The Morgan fingerprint density at radius 3 is 2.74 bits per heavy atom. The van der Waals surface area contributed by atoms with Gasteiger partial charge in [0.2, 0.25) is 5.91 Å². The molecule has 0 spiro atoms. The molecule has 0 saturated carbocycles. The average Bonchev–Trinajstić information content (AvgIpc) is 3.24. The van der Waals surface area contributed by atoms with Crippen molar-refractivity contribution in [2.24, 2.45) is 12.0 Å². The number of rotatable bonds is 4. The molecule has 138 valence electrons. The summed E-state index contributed by atoms with van der Waals surface area (Å²) < 4.78 is 3.02. The number of anilines is 1. The number of benzene rings is 2. The van der Waals surface area contributed by atoms with Crippen molar-refractivity contribution in [3.8, 4) is 0 Å². The second-order valence-corrected chi connectivity index (χ2v) is 8.33. The van der Waals surface area contributed by atoms with E-state index in [1.165, 1.54) is 28.7 Å². The predicted octanol–water partition coefficient (Wildman–Crippen LogP) is 2.99. The van der Waals surface area contributed by atoms with Crippen LogP contribution in [0.1, 0.15) is 5.56 Å². The molecule has 0 fully saturated rings. The van der Waals surface area contributed by atoms with Crippen molar-refractivity contribution in [3.05, 3.63) is 58.9 Å². The number of aryl methyl sites for hydroxylation is 1. The molecule has 0 bridgehead atoms. The van der Waals surface area contributed by atoms with Gasteiger partial charge in [-0.25, -0.2) is 0 Å². The lowest BCUT2D eigenvalue weighted by Crippen LogP contribution is -2.30. The minimum atomic E-state index is -0.211. The smallest absolute Gasteiger partial charge is 0.258 e. The predicted molar refractivity (Wildman–Crippen MR) is 111 cm³/mol. The fourth-order valence-electron chi connectivity index (χ4n) is 3.23. The number of thioether (sulfide) groups is 1. The van der Waals surface area contributed by atoms with Crippen LogP contribution >= 0.6 is 23.1 Å². The number of fused-ring (bicyclic) bond motifs is 2. The van der Waals surface area contributed by atoms with Crippen molar-refractivity contribution in [1.82, 2.24) is 4.57 Å². The van der Waals surface area contributed by atoms with Crippen molar-refractivity contribution in [3.63, 3.8) is 0 Å². The van der Waals surface area contributed by atoms with Gasteiger partial charge < -0.3 is 9.47 Å². The Morgan fingerprint density at radius 1 is 1.11 bits per heavy atom. The fraction of sp³-hybridized carbons (Fsp3) is 0.250. The number of hydrogen-bond acceptors (Lipinski definition) is 4. The lowest BCUT2D eigenvalue weighted by molar-refractivity contribution is -0.116. The van der Waals surface area contributed by atoms with Crippen LogP contribution in [0.3, 0.4) is 0 Å². The Morgan fingerprint density at radius 2 is 1.89 bits per heavy atom. The quantitative estimate of drug-likeness (QED) is 0.680. The highest BCUT2D eigenvalue weighted by molar-refractivity contribution is 8.00. The van der Waals surface area contributed by atoms with E-state index in [1.807, 2.05) is 59.0 Å². The second kappa shape index (κ2) is 7.70. The number of aromatic nitrogens is 1. The van der Waals surface area contributed by atoms with Gasteiger partial charge in [0.15, 0.2) is 4.80 Å². The number of amides is 2. The van der Waals surface area contributed by atoms with Gasteiger partial charge in [-0.15, -0.1) is 11.8 Å². The summed E-state index contributed by atoms with van der Waals surface area (Å²) in [7, 11) is 1.91. The molecule has 1 aliphatic heterocycles. The van der Waals surface area contributed by atoms with Gasteiger partial charge in [-0.1, -0.05) is 41.7 Å². The van der Waals surface area contributed by atoms with Crippen LogP contribution in [0.5, 0.6) is 0 Å². The Balaban J connectivity index is 1.37. The molecule has 5 nitrogen and oxygen atoms in total. The molecule has 27 heavy (non-hydrogen) atoms. The zero-order chi connectivity index (χ0) is 18.8. The van der Waals surface area contributed by atoms with E-state index in [2.05, 4.69) is 11.1 Å². The molecule has 3 aromatic rings. The first-order valence-electron chi connectivity index (χ1n) is 8.71. The average molecular weight is 398 g/mol. The van der Waals surface area contributed by atoms with E-state index in [4.69, 9.17) is 0 Å². The Bertz CT molecular complexity index is 1080. The zero-order valence-corrected chi connectivity index (χ0v) is 16.6. The number of para-hydroxylation sites is 2. The summed E-state index contributed by atoms with van der Waals surface area (Å²) in [6.07, 6.45) is 0.892. The molecule has 0 unspecified atom stereocenters. The van der Waals surface area contributed by atoms with Crippen LogP contribution < -0.4 is 9.70 Å². The van der Waals surface area contributed by atoms with Gasteiger partial charge in [0.25, 0.3) is 5.91 Å². The van der Waals surface area contributed by atoms with Gasteiger partial charge >= 0.3 is 0 Å². The van der Waals surface area contributed by atoms with Crippen LogP contribution in [0.15, 0.2) is 53.5 Å². The third-order valence-corrected chi connectivity index (χ3v) is 6.59. The Labute approximate surface area is 165 Å².